The number of aromatic amines is 3. The summed E-state index contributed by atoms with van der Waals surface area (Å²) in [6.07, 6.45) is -7.16. The molecule has 2 saturated heterocycles. The fraction of sp³-hybridized carbons (Fsp3) is 0.358. The lowest BCUT2D eigenvalue weighted by atomic mass is 9.89. The number of aliphatic hydroxyl groups excluding tert-OH is 1. The number of hydrogen-bond donors (Lipinski definition) is 8. The standard InChI is InChI=1S/C53H53BrFN5O19/c1-20-10-13-28(57-20)47(66)74-31-18-32(78-52(4,5)43(31)70-8)73-30-15-12-24-37(61)35(50(69)76-41(24)33(30)54)60-46(65)34-22(3)26(19-56-34)45(64)59-36-38(62)25-16-23(17-27(55)40(25)75-49(36)68)72-51-39(63)42(44(71-9)53(6,7)79-51)77-48(67)29-14-11-21(2)58-29/h10-17,19,31-32,39,42-44,51,56-58,61-63H,18H2,1-9H3,(H,59,64)(H,60,65)/t31?,32-,39?,42?,43-,44-,51+/m1/s1. The van der Waals surface area contributed by atoms with Crippen molar-refractivity contribution in [3.05, 3.63) is 125 Å². The van der Waals surface area contributed by atoms with Crippen molar-refractivity contribution in [3.63, 3.8) is 0 Å². The summed E-state index contributed by atoms with van der Waals surface area (Å²) in [6, 6.07) is 11.1. The Morgan fingerprint density at radius 1 is 0.747 bits per heavy atom. The highest BCUT2D eigenvalue weighted by molar-refractivity contribution is 9.10. The lowest BCUT2D eigenvalue weighted by molar-refractivity contribution is -0.305. The van der Waals surface area contributed by atoms with E-state index in [4.69, 9.17) is 46.7 Å². The zero-order chi connectivity index (χ0) is 57.2. The fourth-order valence-corrected chi connectivity index (χ4v) is 10.2. The molecule has 9 rings (SSSR count). The second-order valence-electron chi connectivity index (χ2n) is 19.8. The van der Waals surface area contributed by atoms with E-state index in [1.807, 2.05) is 0 Å². The summed E-state index contributed by atoms with van der Waals surface area (Å²) in [4.78, 5) is 88.6. The topological polar surface area (TPSA) is 335 Å². The van der Waals surface area contributed by atoms with Gasteiger partial charge in [0.1, 0.15) is 51.4 Å². The van der Waals surface area contributed by atoms with E-state index in [-0.39, 0.29) is 61.6 Å². The van der Waals surface area contributed by atoms with Crippen LogP contribution in [0.15, 0.2) is 77.6 Å². The van der Waals surface area contributed by atoms with Gasteiger partial charge in [0.25, 0.3) is 11.8 Å². The highest BCUT2D eigenvalue weighted by Crippen LogP contribution is 2.42. The second-order valence-corrected chi connectivity index (χ2v) is 20.6. The molecule has 2 amide bonds. The number of esters is 2. The zero-order valence-electron chi connectivity index (χ0n) is 43.6. The van der Waals surface area contributed by atoms with Gasteiger partial charge in [0.05, 0.1) is 27.5 Å². The van der Waals surface area contributed by atoms with Crippen molar-refractivity contribution in [2.24, 2.45) is 0 Å². The van der Waals surface area contributed by atoms with E-state index < -0.39 is 129 Å². The molecular weight excluding hydrogens is 1110 g/mol. The van der Waals surface area contributed by atoms with Crippen LogP contribution in [0.5, 0.6) is 23.0 Å². The van der Waals surface area contributed by atoms with E-state index >= 15 is 4.39 Å². The number of aliphatic hydroxyl groups is 1. The van der Waals surface area contributed by atoms with Crippen LogP contribution >= 0.6 is 15.9 Å². The normalized spacial score (nSPS) is 21.6. The summed E-state index contributed by atoms with van der Waals surface area (Å²) < 4.78 is 73.5. The Morgan fingerprint density at radius 2 is 1.33 bits per heavy atom. The number of carbonyl (C=O) groups is 4. The summed E-state index contributed by atoms with van der Waals surface area (Å²) in [5, 5.41) is 38.2. The molecule has 0 bridgehead atoms. The fourth-order valence-electron chi connectivity index (χ4n) is 9.68. The molecule has 7 aromatic rings. The number of carbonyl (C=O) groups excluding carboxylic acids is 4. The van der Waals surface area contributed by atoms with E-state index in [1.54, 1.807) is 59.7 Å². The number of amides is 2. The van der Waals surface area contributed by atoms with Gasteiger partial charge in [0.2, 0.25) is 12.6 Å². The van der Waals surface area contributed by atoms with Crippen LogP contribution in [0.3, 0.4) is 0 Å². The average molecular weight is 1160 g/mol. The van der Waals surface area contributed by atoms with Gasteiger partial charge in [-0.3, -0.25) is 9.59 Å². The first kappa shape index (κ1) is 55.7. The van der Waals surface area contributed by atoms with E-state index in [2.05, 4.69) is 41.5 Å². The van der Waals surface area contributed by atoms with Crippen LogP contribution in [0.4, 0.5) is 15.8 Å². The molecule has 2 fully saturated rings. The van der Waals surface area contributed by atoms with Crippen LogP contribution in [0.25, 0.3) is 21.9 Å². The molecule has 24 nitrogen and oxygen atoms in total. The first-order valence-electron chi connectivity index (χ1n) is 24.2. The van der Waals surface area contributed by atoms with Crippen LogP contribution in [0.1, 0.15) is 92.9 Å². The van der Waals surface area contributed by atoms with Crippen molar-refractivity contribution in [1.29, 1.82) is 0 Å². The van der Waals surface area contributed by atoms with Gasteiger partial charge < -0.3 is 87.6 Å². The van der Waals surface area contributed by atoms with Crippen molar-refractivity contribution in [1.82, 2.24) is 15.0 Å². The Hall–Kier alpha value is -8.01. The van der Waals surface area contributed by atoms with Gasteiger partial charge in [-0.05, 0) is 112 Å². The highest BCUT2D eigenvalue weighted by atomic mass is 79.9. The number of benzene rings is 2. The SMILES string of the molecule is CO[C@@H]1C(OC(=O)c2ccc(C)[nH]2)C[C@H](Oc2ccc3c(O)c(NC(=O)c4[nH]cc(C(=O)Nc5c(O)c6cc(O[C@H]7OC(C)(C)[C@H](OC)C(OC(=O)c8ccc(C)[nH]8)C7O)cc(F)c6oc5=O)c4C)c(=O)oc3c2Br)OC1(C)C. The summed E-state index contributed by atoms with van der Waals surface area (Å²) in [7, 11) is 2.79. The number of hydrogen-bond acceptors (Lipinski definition) is 19. The summed E-state index contributed by atoms with van der Waals surface area (Å²) in [5.74, 6) is -6.62. The minimum absolute atomic E-state index is 0.0269. The predicted octanol–water partition coefficient (Wildman–Crippen LogP) is 6.89. The van der Waals surface area contributed by atoms with Gasteiger partial charge in [-0.15, -0.1) is 0 Å². The number of anilines is 2. The number of aromatic hydroxyl groups is 2. The molecule has 0 radical (unpaired) electrons. The molecule has 0 aliphatic carbocycles. The Morgan fingerprint density at radius 3 is 1.94 bits per heavy atom. The molecule has 2 aromatic carbocycles. The summed E-state index contributed by atoms with van der Waals surface area (Å²) >= 11 is 3.39. The van der Waals surface area contributed by atoms with Crippen LogP contribution < -0.4 is 31.4 Å². The Bertz CT molecular complexity index is 3690. The average Bonchev–Trinajstić information content (AvgIpc) is 4.25. The Kier molecular flexibility index (Phi) is 15.0. The van der Waals surface area contributed by atoms with Crippen LogP contribution in [-0.4, -0.2) is 123 Å². The largest absolute Gasteiger partial charge is 0.505 e. The molecule has 418 valence electrons. The van der Waals surface area contributed by atoms with Crippen molar-refractivity contribution >= 4 is 73.0 Å². The maximum Gasteiger partial charge on any atom is 0.364 e. The molecule has 26 heteroatoms. The number of aryl methyl sites for hydroxylation is 2. The number of nitrogens with one attached hydrogen (secondary N) is 5. The summed E-state index contributed by atoms with van der Waals surface area (Å²) in [6.45, 7) is 11.5. The van der Waals surface area contributed by atoms with Crippen molar-refractivity contribution in [3.8, 4) is 23.0 Å². The number of ether oxygens (including phenoxy) is 8. The van der Waals surface area contributed by atoms with Gasteiger partial charge >= 0.3 is 23.2 Å². The third-order valence-electron chi connectivity index (χ3n) is 13.5. The number of rotatable bonds is 14. The molecule has 2 aliphatic heterocycles. The van der Waals surface area contributed by atoms with E-state index in [0.29, 0.717) is 5.69 Å². The molecule has 79 heavy (non-hydrogen) atoms. The van der Waals surface area contributed by atoms with Crippen molar-refractivity contribution < 1.29 is 85.6 Å². The number of H-pyrrole nitrogens is 3. The van der Waals surface area contributed by atoms with Gasteiger partial charge in [-0.25, -0.2) is 23.6 Å². The first-order valence-corrected chi connectivity index (χ1v) is 25.0. The molecule has 5 aromatic heterocycles. The third kappa shape index (κ3) is 10.7. The monoisotopic (exact) mass is 1160 g/mol. The molecule has 0 saturated carbocycles. The quantitative estimate of drug-likeness (QED) is 0.0406. The molecule has 2 aliphatic rings. The minimum Gasteiger partial charge on any atom is -0.505 e. The molecule has 7 atom stereocenters. The van der Waals surface area contributed by atoms with E-state index in [1.165, 1.54) is 39.3 Å². The van der Waals surface area contributed by atoms with Gasteiger partial charge in [-0.2, -0.15) is 0 Å². The van der Waals surface area contributed by atoms with Gasteiger partial charge in [-0.1, -0.05) is 0 Å². The van der Waals surface area contributed by atoms with Crippen LogP contribution in [0, 0.1) is 26.6 Å². The lowest BCUT2D eigenvalue weighted by Gasteiger charge is -2.47. The van der Waals surface area contributed by atoms with Gasteiger partial charge in [0.15, 0.2) is 52.1 Å². The maximum atomic E-state index is 15.7. The smallest absolute Gasteiger partial charge is 0.364 e. The number of halogens is 2. The molecule has 8 N–H and O–H groups in total. The molecular formula is C53H53BrFN5O19. The van der Waals surface area contributed by atoms with Crippen LogP contribution in [-0.2, 0) is 28.4 Å². The van der Waals surface area contributed by atoms with Crippen LogP contribution in [0.2, 0.25) is 0 Å². The number of aromatic nitrogens is 3. The van der Waals surface area contributed by atoms with E-state index in [0.717, 1.165) is 24.0 Å². The zero-order valence-corrected chi connectivity index (χ0v) is 45.2. The predicted molar refractivity (Wildman–Crippen MR) is 278 cm³/mol. The molecule has 3 unspecified atom stereocenters. The third-order valence-corrected chi connectivity index (χ3v) is 14.2. The summed E-state index contributed by atoms with van der Waals surface area (Å²) in [5.41, 5.74) is -6.06. The molecule has 0 spiro atoms. The number of fused-ring (bicyclic) bond motifs is 2. The number of methoxy groups -OCH3 is 2. The minimum atomic E-state index is -1.72. The highest BCUT2D eigenvalue weighted by Gasteiger charge is 2.54. The Balaban J connectivity index is 0.898. The second kappa shape index (κ2) is 21.3. The van der Waals surface area contributed by atoms with E-state index in [9.17, 15) is 44.1 Å². The van der Waals surface area contributed by atoms with Crippen molar-refractivity contribution in [2.75, 3.05) is 24.9 Å². The van der Waals surface area contributed by atoms with Gasteiger partial charge in [0, 0.05) is 44.3 Å². The molecule has 7 heterocycles. The van der Waals surface area contributed by atoms with Crippen molar-refractivity contribution in [2.45, 2.75) is 109 Å². The lowest BCUT2D eigenvalue weighted by Crippen LogP contribution is -2.65. The Labute approximate surface area is 454 Å². The maximum absolute atomic E-state index is 15.7. The first-order chi connectivity index (χ1) is 37.3.